The highest BCUT2D eigenvalue weighted by atomic mass is 35.7. The maximum atomic E-state index is 11.0. The zero-order chi connectivity index (χ0) is 10.3. The van der Waals surface area contributed by atoms with Gasteiger partial charge < -0.3 is 4.42 Å². The van der Waals surface area contributed by atoms with Gasteiger partial charge in [-0.2, -0.15) is 0 Å². The van der Waals surface area contributed by atoms with Crippen LogP contribution in [0, 0.1) is 0 Å². The minimum Gasteiger partial charge on any atom is -0.463 e. The summed E-state index contributed by atoms with van der Waals surface area (Å²) >= 11 is 5.76. The Labute approximate surface area is 89.6 Å². The Hall–Kier alpha value is -0.710. The molecular weight excluding hydrogens is 247 g/mol. The molecule has 0 atom stereocenters. The number of benzene rings is 1. The Balaban J connectivity index is 2.76. The number of rotatable bonds is 1. The minimum atomic E-state index is -3.72. The van der Waals surface area contributed by atoms with Crippen molar-refractivity contribution >= 4 is 42.3 Å². The van der Waals surface area contributed by atoms with Gasteiger partial charge in [-0.15, -0.1) is 0 Å². The summed E-state index contributed by atoms with van der Waals surface area (Å²) < 4.78 is 27.0. The van der Waals surface area contributed by atoms with Crippen LogP contribution in [0.15, 0.2) is 33.8 Å². The third kappa shape index (κ3) is 1.61. The molecule has 1 heterocycles. The smallest absolute Gasteiger partial charge is 0.261 e. The molecule has 0 saturated heterocycles. The normalized spacial score (nSPS) is 12.1. The first-order valence-electron chi connectivity index (χ1n) is 3.60. The molecule has 0 aliphatic carbocycles. The SMILES string of the molecule is O=S(=O)(Cl)c1ccc2c(Cl)coc2c1. The molecule has 2 aromatic rings. The Morgan fingerprint density at radius 2 is 2.00 bits per heavy atom. The lowest BCUT2D eigenvalue weighted by Crippen LogP contribution is -1.88. The molecule has 6 heteroatoms. The zero-order valence-corrected chi connectivity index (χ0v) is 9.03. The van der Waals surface area contributed by atoms with Gasteiger partial charge in [0.2, 0.25) is 0 Å². The van der Waals surface area contributed by atoms with Crippen LogP contribution >= 0.6 is 22.3 Å². The molecule has 0 aliphatic rings. The molecule has 1 aromatic heterocycles. The van der Waals surface area contributed by atoms with Gasteiger partial charge in [-0.25, -0.2) is 8.42 Å². The van der Waals surface area contributed by atoms with E-state index < -0.39 is 9.05 Å². The molecule has 2 rings (SSSR count). The maximum Gasteiger partial charge on any atom is 0.261 e. The first-order valence-corrected chi connectivity index (χ1v) is 6.28. The van der Waals surface area contributed by atoms with Crippen LogP contribution < -0.4 is 0 Å². The van der Waals surface area contributed by atoms with Crippen LogP contribution in [0.25, 0.3) is 11.0 Å². The van der Waals surface area contributed by atoms with Crippen LogP contribution in [-0.2, 0) is 9.05 Å². The Bertz CT molecular complexity index is 586. The van der Waals surface area contributed by atoms with Gasteiger partial charge in [-0.3, -0.25) is 0 Å². The van der Waals surface area contributed by atoms with Gasteiger partial charge in [-0.1, -0.05) is 11.6 Å². The van der Waals surface area contributed by atoms with E-state index in [9.17, 15) is 8.42 Å². The van der Waals surface area contributed by atoms with Crippen LogP contribution in [0.3, 0.4) is 0 Å². The highest BCUT2D eigenvalue weighted by Crippen LogP contribution is 2.28. The van der Waals surface area contributed by atoms with Crippen molar-refractivity contribution in [3.63, 3.8) is 0 Å². The molecule has 0 spiro atoms. The highest BCUT2D eigenvalue weighted by molar-refractivity contribution is 8.13. The fourth-order valence-electron chi connectivity index (χ4n) is 1.13. The first kappa shape index (κ1) is 9.83. The first-order chi connectivity index (χ1) is 6.48. The summed E-state index contributed by atoms with van der Waals surface area (Å²) in [6.07, 6.45) is 1.34. The van der Waals surface area contributed by atoms with E-state index in [1.165, 1.54) is 18.4 Å². The third-order valence-corrected chi connectivity index (χ3v) is 3.43. The van der Waals surface area contributed by atoms with Crippen LogP contribution in [0.1, 0.15) is 0 Å². The Kier molecular flexibility index (Phi) is 2.21. The molecular formula is C8H4Cl2O3S. The van der Waals surface area contributed by atoms with E-state index in [1.54, 1.807) is 6.07 Å². The maximum absolute atomic E-state index is 11.0. The van der Waals surface area contributed by atoms with Crippen molar-refractivity contribution in [1.29, 1.82) is 0 Å². The van der Waals surface area contributed by atoms with E-state index in [2.05, 4.69) is 0 Å². The van der Waals surface area contributed by atoms with Gasteiger partial charge in [0, 0.05) is 22.1 Å². The van der Waals surface area contributed by atoms with Gasteiger partial charge in [0.25, 0.3) is 9.05 Å². The zero-order valence-electron chi connectivity index (χ0n) is 6.70. The summed E-state index contributed by atoms with van der Waals surface area (Å²) in [5.41, 5.74) is 0.400. The van der Waals surface area contributed by atoms with Gasteiger partial charge in [-0.05, 0) is 12.1 Å². The summed E-state index contributed by atoms with van der Waals surface area (Å²) in [7, 11) is 1.45. The van der Waals surface area contributed by atoms with Gasteiger partial charge in [0.15, 0.2) is 0 Å². The average molecular weight is 251 g/mol. The van der Waals surface area contributed by atoms with Crippen LogP contribution in [0.4, 0.5) is 0 Å². The van der Waals surface area contributed by atoms with Gasteiger partial charge in [0.1, 0.15) is 11.8 Å². The Morgan fingerprint density at radius 1 is 1.29 bits per heavy atom. The van der Waals surface area contributed by atoms with Crippen LogP contribution in [0.2, 0.25) is 5.02 Å². The van der Waals surface area contributed by atoms with Crippen molar-refractivity contribution in [2.45, 2.75) is 4.90 Å². The van der Waals surface area contributed by atoms with Crippen molar-refractivity contribution in [2.24, 2.45) is 0 Å². The molecule has 1 aromatic carbocycles. The van der Waals surface area contributed by atoms with Crippen molar-refractivity contribution in [3.8, 4) is 0 Å². The molecule has 0 fully saturated rings. The largest absolute Gasteiger partial charge is 0.463 e. The summed E-state index contributed by atoms with van der Waals surface area (Å²) in [6, 6.07) is 4.27. The molecule has 0 unspecified atom stereocenters. The second-order valence-corrected chi connectivity index (χ2v) is 5.65. The topological polar surface area (TPSA) is 47.3 Å². The fraction of sp³-hybridized carbons (Fsp3) is 0. The van der Waals surface area contributed by atoms with E-state index in [4.69, 9.17) is 26.7 Å². The molecule has 14 heavy (non-hydrogen) atoms. The van der Waals surface area contributed by atoms with E-state index in [0.29, 0.717) is 16.0 Å². The van der Waals surface area contributed by atoms with Crippen LogP contribution in [-0.4, -0.2) is 8.42 Å². The van der Waals surface area contributed by atoms with Crippen molar-refractivity contribution in [3.05, 3.63) is 29.5 Å². The molecule has 0 saturated carbocycles. The van der Waals surface area contributed by atoms with E-state index >= 15 is 0 Å². The number of furan rings is 1. The molecule has 0 radical (unpaired) electrons. The summed E-state index contributed by atoms with van der Waals surface area (Å²) in [4.78, 5) is -0.00215. The quantitative estimate of drug-likeness (QED) is 0.732. The second kappa shape index (κ2) is 3.15. The molecule has 0 N–H and O–H groups in total. The number of halogens is 2. The third-order valence-electron chi connectivity index (χ3n) is 1.78. The molecule has 3 nitrogen and oxygen atoms in total. The van der Waals surface area contributed by atoms with Crippen molar-refractivity contribution < 1.29 is 12.8 Å². The summed E-state index contributed by atoms with van der Waals surface area (Å²) in [5, 5.41) is 1.11. The fourth-order valence-corrected chi connectivity index (χ4v) is 2.09. The molecule has 74 valence electrons. The molecule has 0 aliphatic heterocycles. The lowest BCUT2D eigenvalue weighted by atomic mass is 10.3. The lowest BCUT2D eigenvalue weighted by Gasteiger charge is -1.94. The monoisotopic (exact) mass is 250 g/mol. The number of hydrogen-bond acceptors (Lipinski definition) is 3. The molecule has 0 bridgehead atoms. The van der Waals surface area contributed by atoms with Crippen LogP contribution in [0.5, 0.6) is 0 Å². The Morgan fingerprint density at radius 3 is 2.64 bits per heavy atom. The predicted octanol–water partition coefficient (Wildman–Crippen LogP) is 3.01. The molecule has 0 amide bonds. The average Bonchev–Trinajstić information content (AvgIpc) is 2.46. The van der Waals surface area contributed by atoms with Gasteiger partial charge >= 0.3 is 0 Å². The minimum absolute atomic E-state index is 0.00215. The predicted molar refractivity (Wildman–Crippen MR) is 54.3 cm³/mol. The van der Waals surface area contributed by atoms with Gasteiger partial charge in [0.05, 0.1) is 9.92 Å². The standard InChI is InChI=1S/C8H4Cl2O3S/c9-7-4-13-8-3-5(14(10,11)12)1-2-6(7)8/h1-4H. The number of hydrogen-bond donors (Lipinski definition) is 0. The van der Waals surface area contributed by atoms with E-state index in [0.717, 1.165) is 0 Å². The summed E-state index contributed by atoms with van der Waals surface area (Å²) in [5.74, 6) is 0. The van der Waals surface area contributed by atoms with E-state index in [1.807, 2.05) is 0 Å². The number of fused-ring (bicyclic) bond motifs is 1. The highest BCUT2D eigenvalue weighted by Gasteiger charge is 2.12. The second-order valence-electron chi connectivity index (χ2n) is 2.68. The summed E-state index contributed by atoms with van der Waals surface area (Å²) in [6.45, 7) is 0. The lowest BCUT2D eigenvalue weighted by molar-refractivity contribution is 0.605. The van der Waals surface area contributed by atoms with Crippen molar-refractivity contribution in [1.82, 2.24) is 0 Å². The van der Waals surface area contributed by atoms with E-state index in [-0.39, 0.29) is 4.90 Å². The van der Waals surface area contributed by atoms with Crippen molar-refractivity contribution in [2.75, 3.05) is 0 Å².